The Hall–Kier alpha value is -2.49. The lowest BCUT2D eigenvalue weighted by Gasteiger charge is -2.07. The number of benzene rings is 2. The third kappa shape index (κ3) is 2.70. The molecule has 1 aromatic heterocycles. The van der Waals surface area contributed by atoms with Crippen LogP contribution >= 0.6 is 0 Å². The van der Waals surface area contributed by atoms with E-state index in [2.05, 4.69) is 46.8 Å². The fourth-order valence-electron chi connectivity index (χ4n) is 2.53. The molecule has 4 heteroatoms. The number of hydrogen-bond acceptors (Lipinski definition) is 3. The maximum absolute atomic E-state index is 6.05. The van der Waals surface area contributed by atoms with Crippen LogP contribution in [0.5, 0.6) is 5.75 Å². The molecule has 2 aromatic carbocycles. The lowest BCUT2D eigenvalue weighted by molar-refractivity contribution is 0.414. The van der Waals surface area contributed by atoms with E-state index in [-0.39, 0.29) is 0 Å². The standard InChI is InChI=1S/C17H19N3O/c1-12-3-8-16-15(11-12)19-17(18)20(16)10-9-13-4-6-14(21-2)7-5-13/h3-8,11H,9-10H2,1-2H3,(H2,18,19). The van der Waals surface area contributed by atoms with E-state index >= 15 is 0 Å². The molecule has 0 fully saturated rings. The second kappa shape index (κ2) is 5.48. The smallest absolute Gasteiger partial charge is 0.201 e. The number of anilines is 1. The van der Waals surface area contributed by atoms with Gasteiger partial charge >= 0.3 is 0 Å². The number of methoxy groups -OCH3 is 1. The zero-order chi connectivity index (χ0) is 14.8. The predicted octanol–water partition coefficient (Wildman–Crippen LogP) is 3.18. The molecule has 0 saturated heterocycles. The maximum atomic E-state index is 6.05. The first kappa shape index (κ1) is 13.5. The Morgan fingerprint density at radius 3 is 2.62 bits per heavy atom. The number of ether oxygens (including phenoxy) is 1. The van der Waals surface area contributed by atoms with E-state index in [4.69, 9.17) is 10.5 Å². The summed E-state index contributed by atoms with van der Waals surface area (Å²) in [7, 11) is 1.68. The molecule has 0 aliphatic rings. The van der Waals surface area contributed by atoms with E-state index in [0.29, 0.717) is 5.95 Å². The molecule has 0 bridgehead atoms. The lowest BCUT2D eigenvalue weighted by atomic mass is 10.1. The van der Waals surface area contributed by atoms with Crippen LogP contribution in [-0.2, 0) is 13.0 Å². The van der Waals surface area contributed by atoms with Crippen LogP contribution in [0.15, 0.2) is 42.5 Å². The number of fused-ring (bicyclic) bond motifs is 1. The third-order valence-electron chi connectivity index (χ3n) is 3.72. The van der Waals surface area contributed by atoms with Crippen molar-refractivity contribution in [1.82, 2.24) is 9.55 Å². The molecule has 0 aliphatic carbocycles. The number of aromatic nitrogens is 2. The van der Waals surface area contributed by atoms with Gasteiger partial charge in [-0.25, -0.2) is 4.98 Å². The van der Waals surface area contributed by atoms with Crippen LogP contribution in [0.1, 0.15) is 11.1 Å². The van der Waals surface area contributed by atoms with Gasteiger partial charge in [-0.15, -0.1) is 0 Å². The maximum Gasteiger partial charge on any atom is 0.201 e. The van der Waals surface area contributed by atoms with Gasteiger partial charge < -0.3 is 15.0 Å². The number of hydrogen-bond donors (Lipinski definition) is 1. The molecule has 0 saturated carbocycles. The van der Waals surface area contributed by atoms with Crippen LogP contribution in [0.25, 0.3) is 11.0 Å². The second-order valence-corrected chi connectivity index (χ2v) is 5.21. The molecule has 0 radical (unpaired) electrons. The van der Waals surface area contributed by atoms with Gasteiger partial charge in [0.05, 0.1) is 18.1 Å². The summed E-state index contributed by atoms with van der Waals surface area (Å²) in [6.07, 6.45) is 0.910. The van der Waals surface area contributed by atoms with Gasteiger partial charge in [-0.3, -0.25) is 0 Å². The van der Waals surface area contributed by atoms with E-state index in [1.54, 1.807) is 7.11 Å². The van der Waals surface area contributed by atoms with E-state index < -0.39 is 0 Å². The first-order valence-corrected chi connectivity index (χ1v) is 7.02. The van der Waals surface area contributed by atoms with Gasteiger partial charge in [0.25, 0.3) is 0 Å². The predicted molar refractivity (Wildman–Crippen MR) is 85.6 cm³/mol. The number of nitrogens with two attached hydrogens (primary N) is 1. The van der Waals surface area contributed by atoms with Gasteiger partial charge in [-0.1, -0.05) is 18.2 Å². The second-order valence-electron chi connectivity index (χ2n) is 5.21. The monoisotopic (exact) mass is 281 g/mol. The van der Waals surface area contributed by atoms with Crippen molar-refractivity contribution in [1.29, 1.82) is 0 Å². The van der Waals surface area contributed by atoms with Crippen molar-refractivity contribution in [3.8, 4) is 5.75 Å². The highest BCUT2D eigenvalue weighted by Crippen LogP contribution is 2.20. The summed E-state index contributed by atoms with van der Waals surface area (Å²) in [6.45, 7) is 2.88. The zero-order valence-electron chi connectivity index (χ0n) is 12.3. The minimum absolute atomic E-state index is 0.573. The molecule has 1 heterocycles. The summed E-state index contributed by atoms with van der Waals surface area (Å²) < 4.78 is 7.24. The molecule has 0 amide bonds. The summed E-state index contributed by atoms with van der Waals surface area (Å²) in [5.74, 6) is 1.45. The Kier molecular flexibility index (Phi) is 3.52. The van der Waals surface area contributed by atoms with Crippen molar-refractivity contribution in [2.45, 2.75) is 19.9 Å². The first-order chi connectivity index (χ1) is 10.2. The van der Waals surface area contributed by atoms with Crippen LogP contribution in [-0.4, -0.2) is 16.7 Å². The molecule has 108 valence electrons. The molecule has 3 rings (SSSR count). The Labute approximate surface area is 124 Å². The largest absolute Gasteiger partial charge is 0.497 e. The van der Waals surface area contributed by atoms with Crippen LogP contribution in [0.4, 0.5) is 5.95 Å². The van der Waals surface area contributed by atoms with E-state index in [1.807, 2.05) is 12.1 Å². The topological polar surface area (TPSA) is 53.1 Å². The average Bonchev–Trinajstić information content (AvgIpc) is 2.80. The Balaban J connectivity index is 1.82. The van der Waals surface area contributed by atoms with Gasteiger partial charge in [-0.2, -0.15) is 0 Å². The number of aryl methyl sites for hydroxylation is 3. The van der Waals surface area contributed by atoms with Crippen LogP contribution in [0, 0.1) is 6.92 Å². The first-order valence-electron chi connectivity index (χ1n) is 7.02. The van der Waals surface area contributed by atoms with Crippen molar-refractivity contribution < 1.29 is 4.74 Å². The number of imidazole rings is 1. The van der Waals surface area contributed by atoms with Gasteiger partial charge in [0.2, 0.25) is 5.95 Å². The minimum Gasteiger partial charge on any atom is -0.497 e. The normalized spacial score (nSPS) is 11.0. The third-order valence-corrected chi connectivity index (χ3v) is 3.72. The van der Waals surface area contributed by atoms with Gasteiger partial charge in [-0.05, 0) is 48.7 Å². The quantitative estimate of drug-likeness (QED) is 0.799. The van der Waals surface area contributed by atoms with Crippen molar-refractivity contribution in [2.75, 3.05) is 12.8 Å². The van der Waals surface area contributed by atoms with Gasteiger partial charge in [0, 0.05) is 6.54 Å². The highest BCUT2D eigenvalue weighted by Gasteiger charge is 2.08. The van der Waals surface area contributed by atoms with Crippen molar-refractivity contribution in [2.24, 2.45) is 0 Å². The molecule has 21 heavy (non-hydrogen) atoms. The molecular weight excluding hydrogens is 262 g/mol. The SMILES string of the molecule is COc1ccc(CCn2c(N)nc3cc(C)ccc32)cc1. The molecular formula is C17H19N3O. The fraction of sp³-hybridized carbons (Fsp3) is 0.235. The zero-order valence-corrected chi connectivity index (χ0v) is 12.3. The average molecular weight is 281 g/mol. The molecule has 0 unspecified atom stereocenters. The summed E-state index contributed by atoms with van der Waals surface area (Å²) in [5.41, 5.74) is 10.5. The van der Waals surface area contributed by atoms with Gasteiger partial charge in [0.1, 0.15) is 5.75 Å². The molecule has 0 atom stereocenters. The van der Waals surface area contributed by atoms with E-state index in [1.165, 1.54) is 11.1 Å². The van der Waals surface area contributed by atoms with Crippen LogP contribution in [0.3, 0.4) is 0 Å². The lowest BCUT2D eigenvalue weighted by Crippen LogP contribution is -2.05. The molecule has 3 aromatic rings. The van der Waals surface area contributed by atoms with E-state index in [0.717, 1.165) is 29.7 Å². The van der Waals surface area contributed by atoms with Gasteiger partial charge in [0.15, 0.2) is 0 Å². The van der Waals surface area contributed by atoms with Crippen LogP contribution in [0.2, 0.25) is 0 Å². The fourth-order valence-corrected chi connectivity index (χ4v) is 2.53. The molecule has 0 aliphatic heterocycles. The highest BCUT2D eigenvalue weighted by atomic mass is 16.5. The summed E-state index contributed by atoms with van der Waals surface area (Å²) >= 11 is 0. The van der Waals surface area contributed by atoms with Crippen molar-refractivity contribution in [3.05, 3.63) is 53.6 Å². The molecule has 4 nitrogen and oxygen atoms in total. The summed E-state index contributed by atoms with van der Waals surface area (Å²) in [5, 5.41) is 0. The Morgan fingerprint density at radius 2 is 1.90 bits per heavy atom. The van der Waals surface area contributed by atoms with Crippen LogP contribution < -0.4 is 10.5 Å². The minimum atomic E-state index is 0.573. The molecule has 0 spiro atoms. The summed E-state index contributed by atoms with van der Waals surface area (Å²) in [6, 6.07) is 14.4. The number of rotatable bonds is 4. The number of nitrogens with zero attached hydrogens (tertiary/aromatic N) is 2. The Morgan fingerprint density at radius 1 is 1.14 bits per heavy atom. The summed E-state index contributed by atoms with van der Waals surface area (Å²) in [4.78, 5) is 4.43. The molecule has 2 N–H and O–H groups in total. The number of nitrogen functional groups attached to an aromatic ring is 1. The van der Waals surface area contributed by atoms with E-state index in [9.17, 15) is 0 Å². The Bertz CT molecular complexity index is 760. The van der Waals surface area contributed by atoms with Crippen molar-refractivity contribution >= 4 is 17.0 Å². The van der Waals surface area contributed by atoms with Crippen molar-refractivity contribution in [3.63, 3.8) is 0 Å². The highest BCUT2D eigenvalue weighted by molar-refractivity contribution is 5.79.